The highest BCUT2D eigenvalue weighted by Gasteiger charge is 2.15. The maximum Gasteiger partial charge on any atom is 0.339 e. The number of carbonyl (C=O) groups is 2. The SMILES string of the molecule is Cc1nc(CSc2ccccc2C(=O)OCC(=O)Nc2ccc(Br)c(C)c2)cs1. The van der Waals surface area contributed by atoms with Gasteiger partial charge in [0.05, 0.1) is 16.3 Å². The van der Waals surface area contributed by atoms with Crippen molar-refractivity contribution in [3.05, 3.63) is 74.1 Å². The number of ether oxygens (including phenoxy) is 1. The number of rotatable bonds is 7. The van der Waals surface area contributed by atoms with Gasteiger partial charge in [-0.2, -0.15) is 0 Å². The molecule has 5 nitrogen and oxygen atoms in total. The first-order chi connectivity index (χ1) is 13.9. The van der Waals surface area contributed by atoms with Gasteiger partial charge in [0.25, 0.3) is 5.91 Å². The van der Waals surface area contributed by atoms with E-state index < -0.39 is 5.97 Å². The minimum atomic E-state index is -0.523. The summed E-state index contributed by atoms with van der Waals surface area (Å²) in [6, 6.07) is 12.7. The number of hydrogen-bond donors (Lipinski definition) is 1. The Morgan fingerprint density at radius 3 is 2.72 bits per heavy atom. The molecule has 2 aromatic carbocycles. The van der Waals surface area contributed by atoms with Crippen molar-refractivity contribution in [3.8, 4) is 0 Å². The Bertz CT molecular complexity index is 1040. The number of carbonyl (C=O) groups excluding carboxylic acids is 2. The summed E-state index contributed by atoms with van der Waals surface area (Å²) in [4.78, 5) is 29.9. The van der Waals surface area contributed by atoms with Crippen LogP contribution in [0.3, 0.4) is 0 Å². The number of aryl methyl sites for hydroxylation is 2. The normalized spacial score (nSPS) is 10.6. The number of anilines is 1. The van der Waals surface area contributed by atoms with E-state index in [0.29, 0.717) is 17.0 Å². The second-order valence-corrected chi connectivity index (χ2v) is 9.16. The van der Waals surface area contributed by atoms with E-state index >= 15 is 0 Å². The molecule has 0 unspecified atom stereocenters. The van der Waals surface area contributed by atoms with E-state index in [1.165, 1.54) is 11.8 Å². The number of hydrogen-bond acceptors (Lipinski definition) is 6. The van der Waals surface area contributed by atoms with Crippen LogP contribution in [0.2, 0.25) is 0 Å². The first kappa shape index (κ1) is 21.5. The average Bonchev–Trinajstić information content (AvgIpc) is 3.13. The summed E-state index contributed by atoms with van der Waals surface area (Å²) in [5, 5.41) is 5.76. The van der Waals surface area contributed by atoms with Crippen LogP contribution in [-0.4, -0.2) is 23.5 Å². The lowest BCUT2D eigenvalue weighted by atomic mass is 10.2. The van der Waals surface area contributed by atoms with E-state index in [0.717, 1.165) is 25.6 Å². The van der Waals surface area contributed by atoms with Gasteiger partial charge >= 0.3 is 5.97 Å². The molecular weight excluding hydrogens is 472 g/mol. The van der Waals surface area contributed by atoms with Crippen LogP contribution in [0.1, 0.15) is 26.6 Å². The number of benzene rings is 2. The molecule has 1 aromatic heterocycles. The molecule has 1 N–H and O–H groups in total. The summed E-state index contributed by atoms with van der Waals surface area (Å²) in [6.07, 6.45) is 0. The molecule has 0 aliphatic carbocycles. The topological polar surface area (TPSA) is 68.3 Å². The van der Waals surface area contributed by atoms with Crippen molar-refractivity contribution in [1.82, 2.24) is 4.98 Å². The van der Waals surface area contributed by atoms with Gasteiger partial charge in [-0.3, -0.25) is 4.79 Å². The monoisotopic (exact) mass is 490 g/mol. The first-order valence-corrected chi connectivity index (χ1v) is 11.4. The number of thiazole rings is 1. The number of aromatic nitrogens is 1. The van der Waals surface area contributed by atoms with Crippen LogP contribution < -0.4 is 5.32 Å². The lowest BCUT2D eigenvalue weighted by molar-refractivity contribution is -0.119. The molecule has 29 heavy (non-hydrogen) atoms. The maximum atomic E-state index is 12.5. The third-order valence-electron chi connectivity index (χ3n) is 3.93. The fourth-order valence-corrected chi connectivity index (χ4v) is 4.41. The Kier molecular flexibility index (Phi) is 7.46. The number of halogens is 1. The van der Waals surface area contributed by atoms with Crippen LogP contribution in [0, 0.1) is 13.8 Å². The van der Waals surface area contributed by atoms with Crippen LogP contribution in [0.15, 0.2) is 57.2 Å². The van der Waals surface area contributed by atoms with Crippen LogP contribution >= 0.6 is 39.0 Å². The molecule has 8 heteroatoms. The highest BCUT2D eigenvalue weighted by molar-refractivity contribution is 9.10. The van der Waals surface area contributed by atoms with Gasteiger partial charge in [-0.05, 0) is 49.7 Å². The molecule has 0 saturated heterocycles. The number of nitrogens with zero attached hydrogens (tertiary/aromatic N) is 1. The molecule has 0 spiro atoms. The van der Waals surface area contributed by atoms with Gasteiger partial charge in [-0.25, -0.2) is 9.78 Å². The zero-order chi connectivity index (χ0) is 20.8. The van der Waals surface area contributed by atoms with Crippen molar-refractivity contribution >= 4 is 56.6 Å². The van der Waals surface area contributed by atoms with Gasteiger partial charge in [0.2, 0.25) is 0 Å². The quantitative estimate of drug-likeness (QED) is 0.344. The first-order valence-electron chi connectivity index (χ1n) is 8.78. The molecule has 0 radical (unpaired) electrons. The lowest BCUT2D eigenvalue weighted by Crippen LogP contribution is -2.21. The van der Waals surface area contributed by atoms with Crippen molar-refractivity contribution in [2.45, 2.75) is 24.5 Å². The van der Waals surface area contributed by atoms with Gasteiger partial charge in [0, 0.05) is 26.2 Å². The maximum absolute atomic E-state index is 12.5. The lowest BCUT2D eigenvalue weighted by Gasteiger charge is -2.10. The number of amides is 1. The fraction of sp³-hybridized carbons (Fsp3) is 0.190. The van der Waals surface area contributed by atoms with E-state index in [-0.39, 0.29) is 12.5 Å². The van der Waals surface area contributed by atoms with E-state index in [1.807, 2.05) is 43.5 Å². The summed E-state index contributed by atoms with van der Waals surface area (Å²) >= 11 is 6.54. The predicted octanol–water partition coefficient (Wildman–Crippen LogP) is 5.61. The van der Waals surface area contributed by atoms with E-state index in [2.05, 4.69) is 26.2 Å². The highest BCUT2D eigenvalue weighted by atomic mass is 79.9. The highest BCUT2D eigenvalue weighted by Crippen LogP contribution is 2.27. The van der Waals surface area contributed by atoms with Crippen molar-refractivity contribution in [2.24, 2.45) is 0 Å². The van der Waals surface area contributed by atoms with Gasteiger partial charge in [0.15, 0.2) is 6.61 Å². The summed E-state index contributed by atoms with van der Waals surface area (Å²) in [5.41, 5.74) is 3.07. The minimum Gasteiger partial charge on any atom is -0.452 e. The molecule has 0 fully saturated rings. The summed E-state index contributed by atoms with van der Waals surface area (Å²) in [6.45, 7) is 3.55. The predicted molar refractivity (Wildman–Crippen MR) is 121 cm³/mol. The molecule has 3 rings (SSSR count). The van der Waals surface area contributed by atoms with E-state index in [9.17, 15) is 9.59 Å². The molecule has 0 atom stereocenters. The molecule has 0 aliphatic heterocycles. The Balaban J connectivity index is 1.57. The Morgan fingerprint density at radius 1 is 1.21 bits per heavy atom. The van der Waals surface area contributed by atoms with Crippen molar-refractivity contribution in [2.75, 3.05) is 11.9 Å². The summed E-state index contributed by atoms with van der Waals surface area (Å²) in [7, 11) is 0. The smallest absolute Gasteiger partial charge is 0.339 e. The van der Waals surface area contributed by atoms with Gasteiger partial charge in [-0.1, -0.05) is 28.1 Å². The fourth-order valence-electron chi connectivity index (χ4n) is 2.52. The molecule has 150 valence electrons. The minimum absolute atomic E-state index is 0.349. The third kappa shape index (κ3) is 6.16. The van der Waals surface area contributed by atoms with Crippen LogP contribution in [-0.2, 0) is 15.3 Å². The van der Waals surface area contributed by atoms with E-state index in [1.54, 1.807) is 29.5 Å². The largest absolute Gasteiger partial charge is 0.452 e. The Morgan fingerprint density at radius 2 is 2.00 bits per heavy atom. The van der Waals surface area contributed by atoms with Crippen LogP contribution in [0.4, 0.5) is 5.69 Å². The summed E-state index contributed by atoms with van der Waals surface area (Å²) < 4.78 is 6.19. The molecule has 0 aliphatic rings. The molecule has 1 amide bonds. The second kappa shape index (κ2) is 10.0. The zero-order valence-corrected chi connectivity index (χ0v) is 19.1. The molecular formula is C21H19BrN2O3S2. The van der Waals surface area contributed by atoms with Gasteiger partial charge in [-0.15, -0.1) is 23.1 Å². The van der Waals surface area contributed by atoms with Crippen LogP contribution in [0.5, 0.6) is 0 Å². The number of thioether (sulfide) groups is 1. The van der Waals surface area contributed by atoms with E-state index in [4.69, 9.17) is 4.74 Å². The number of esters is 1. The third-order valence-corrected chi connectivity index (χ3v) is 6.74. The molecule has 1 heterocycles. The molecule has 3 aromatic rings. The second-order valence-electron chi connectivity index (χ2n) is 6.23. The summed E-state index contributed by atoms with van der Waals surface area (Å²) in [5.74, 6) is -0.245. The standard InChI is InChI=1S/C21H19BrN2O3S2/c1-13-9-15(7-8-18(13)22)24-20(25)10-27-21(26)17-5-3-4-6-19(17)29-12-16-11-28-14(2)23-16/h3-9,11H,10,12H2,1-2H3,(H,24,25). The van der Waals surface area contributed by atoms with Crippen molar-refractivity contribution < 1.29 is 14.3 Å². The van der Waals surface area contributed by atoms with Gasteiger partial charge in [0.1, 0.15) is 0 Å². The Labute approximate surface area is 186 Å². The van der Waals surface area contributed by atoms with Crippen LogP contribution in [0.25, 0.3) is 0 Å². The van der Waals surface area contributed by atoms with Crippen molar-refractivity contribution in [3.63, 3.8) is 0 Å². The zero-order valence-electron chi connectivity index (χ0n) is 15.9. The average molecular weight is 491 g/mol. The number of nitrogens with one attached hydrogen (secondary N) is 1. The van der Waals surface area contributed by atoms with Crippen molar-refractivity contribution in [1.29, 1.82) is 0 Å². The molecule has 0 saturated carbocycles. The molecule has 0 bridgehead atoms. The van der Waals surface area contributed by atoms with Gasteiger partial charge < -0.3 is 10.1 Å². The Hall–Kier alpha value is -2.16.